The third kappa shape index (κ3) is 4.79. The molecule has 7 aromatic carbocycles. The molecule has 9 aromatic rings. The first-order valence-electron chi connectivity index (χ1n) is 16.2. The summed E-state index contributed by atoms with van der Waals surface area (Å²) >= 11 is 0. The summed E-state index contributed by atoms with van der Waals surface area (Å²) < 4.78 is 2.31. The molecule has 0 unspecified atom stereocenters. The lowest BCUT2D eigenvalue weighted by Crippen LogP contribution is -2.09. The van der Waals surface area contributed by atoms with Crippen molar-refractivity contribution in [3.63, 3.8) is 0 Å². The number of fused-ring (bicyclic) bond motifs is 4. The second kappa shape index (κ2) is 11.7. The van der Waals surface area contributed by atoms with Gasteiger partial charge in [0.15, 0.2) is 5.82 Å². The van der Waals surface area contributed by atoms with Crippen LogP contribution in [0.2, 0.25) is 0 Å². The fourth-order valence-electron chi connectivity index (χ4n) is 6.73. The summed E-state index contributed by atoms with van der Waals surface area (Å²) in [4.78, 5) is 12.5. The van der Waals surface area contributed by atoms with Crippen molar-refractivity contribution in [1.29, 1.82) is 0 Å². The number of nitrogens with zero attached hydrogens (tertiary/aromatic N) is 4. The number of hydrogen-bond donors (Lipinski definition) is 0. The largest absolute Gasteiger partial charge is 0.311 e. The molecule has 0 atom stereocenters. The van der Waals surface area contributed by atoms with Gasteiger partial charge in [0, 0.05) is 38.8 Å². The van der Waals surface area contributed by atoms with E-state index in [1.54, 1.807) is 0 Å². The van der Waals surface area contributed by atoms with Crippen LogP contribution in [0.4, 0.5) is 17.1 Å². The summed E-state index contributed by atoms with van der Waals surface area (Å²) in [6, 6.07) is 63.8. The molecule has 0 aliphatic rings. The highest BCUT2D eigenvalue weighted by molar-refractivity contribution is 6.11. The number of benzene rings is 7. The van der Waals surface area contributed by atoms with Gasteiger partial charge < -0.3 is 4.90 Å². The lowest BCUT2D eigenvalue weighted by molar-refractivity contribution is 1.08. The van der Waals surface area contributed by atoms with Crippen LogP contribution >= 0.6 is 0 Å². The lowest BCUT2D eigenvalue weighted by Gasteiger charge is -2.25. The second-order valence-electron chi connectivity index (χ2n) is 11.9. The van der Waals surface area contributed by atoms with Crippen molar-refractivity contribution in [3.05, 3.63) is 182 Å². The average Bonchev–Trinajstić information content (AvgIpc) is 3.49. The van der Waals surface area contributed by atoms with E-state index in [0.717, 1.165) is 61.5 Å². The van der Waals surface area contributed by atoms with Crippen molar-refractivity contribution in [2.45, 2.75) is 0 Å². The molecule has 2 heterocycles. The molecule has 0 N–H and O–H groups in total. The Hall–Kier alpha value is -6.52. The molecule has 2 aromatic heterocycles. The standard InChI is InChI=1S/C44H30N4/c1-4-14-32(15-5-1)43-45-40-22-12-10-21-39(40)44(46-43)48-41-23-13-11-20-37(41)38-29-26-33(30-42(38)48)31-24-27-36(28-25-31)47(34-16-6-2-7-17-34)35-18-8-3-9-19-35/h1-30H. The molecule has 9 rings (SSSR count). The molecule has 0 amide bonds. The Kier molecular flexibility index (Phi) is 6.76. The fraction of sp³-hybridized carbons (Fsp3) is 0. The van der Waals surface area contributed by atoms with E-state index < -0.39 is 0 Å². The Morgan fingerprint density at radius 1 is 0.375 bits per heavy atom. The number of para-hydroxylation sites is 4. The molecule has 0 saturated heterocycles. The van der Waals surface area contributed by atoms with E-state index in [1.165, 1.54) is 10.8 Å². The van der Waals surface area contributed by atoms with Gasteiger partial charge in [-0.15, -0.1) is 0 Å². The van der Waals surface area contributed by atoms with Gasteiger partial charge in [0.05, 0.1) is 16.6 Å². The van der Waals surface area contributed by atoms with Crippen molar-refractivity contribution in [2.24, 2.45) is 0 Å². The van der Waals surface area contributed by atoms with Crippen LogP contribution in [0.25, 0.3) is 61.0 Å². The van der Waals surface area contributed by atoms with Crippen molar-refractivity contribution >= 4 is 49.8 Å². The van der Waals surface area contributed by atoms with Crippen molar-refractivity contribution < 1.29 is 0 Å². The quantitative estimate of drug-likeness (QED) is 0.187. The maximum Gasteiger partial charge on any atom is 0.162 e. The first-order valence-corrected chi connectivity index (χ1v) is 16.2. The summed E-state index contributed by atoms with van der Waals surface area (Å²) in [5.74, 6) is 1.59. The molecule has 0 spiro atoms. The van der Waals surface area contributed by atoms with Gasteiger partial charge >= 0.3 is 0 Å². The minimum absolute atomic E-state index is 0.711. The van der Waals surface area contributed by atoms with Crippen LogP contribution < -0.4 is 4.90 Å². The summed E-state index contributed by atoms with van der Waals surface area (Å²) in [6.07, 6.45) is 0. The van der Waals surface area contributed by atoms with Crippen LogP contribution in [-0.2, 0) is 0 Å². The Bertz CT molecular complexity index is 2500. The van der Waals surface area contributed by atoms with Gasteiger partial charge in [0.1, 0.15) is 5.82 Å². The van der Waals surface area contributed by atoms with E-state index in [4.69, 9.17) is 9.97 Å². The monoisotopic (exact) mass is 614 g/mol. The molecule has 0 aliphatic carbocycles. The molecule has 0 aliphatic heterocycles. The van der Waals surface area contributed by atoms with Gasteiger partial charge in [-0.25, -0.2) is 9.97 Å². The number of anilines is 3. The molecule has 0 radical (unpaired) electrons. The highest BCUT2D eigenvalue weighted by Gasteiger charge is 2.18. The van der Waals surface area contributed by atoms with Crippen molar-refractivity contribution in [3.8, 4) is 28.3 Å². The Balaban J connectivity index is 1.21. The van der Waals surface area contributed by atoms with Crippen LogP contribution in [0.15, 0.2) is 182 Å². The molecule has 4 nitrogen and oxygen atoms in total. The molecule has 0 saturated carbocycles. The van der Waals surface area contributed by atoms with Crippen LogP contribution in [0.3, 0.4) is 0 Å². The second-order valence-corrected chi connectivity index (χ2v) is 11.9. The molecular weight excluding hydrogens is 585 g/mol. The minimum atomic E-state index is 0.711. The van der Waals surface area contributed by atoms with Crippen LogP contribution in [0.1, 0.15) is 0 Å². The van der Waals surface area contributed by atoms with Gasteiger partial charge in [-0.3, -0.25) is 4.57 Å². The average molecular weight is 615 g/mol. The van der Waals surface area contributed by atoms with Crippen molar-refractivity contribution in [2.75, 3.05) is 4.90 Å². The summed E-state index contributed by atoms with van der Waals surface area (Å²) in [6.45, 7) is 0. The molecule has 4 heteroatoms. The molecule has 0 bridgehead atoms. The number of aromatic nitrogens is 3. The van der Waals surface area contributed by atoms with E-state index >= 15 is 0 Å². The summed E-state index contributed by atoms with van der Waals surface area (Å²) in [7, 11) is 0. The van der Waals surface area contributed by atoms with E-state index in [0.29, 0.717) is 5.82 Å². The minimum Gasteiger partial charge on any atom is -0.311 e. The SMILES string of the molecule is c1ccc(-c2nc(-n3c4ccccc4c4ccc(-c5ccc(N(c6ccccc6)c6ccccc6)cc5)cc43)c3ccccc3n2)cc1. The molecule has 0 fully saturated rings. The van der Waals surface area contributed by atoms with Crippen LogP contribution in [-0.4, -0.2) is 14.5 Å². The third-order valence-electron chi connectivity index (χ3n) is 8.99. The summed E-state index contributed by atoms with van der Waals surface area (Å²) in [5.41, 5.74) is 9.77. The van der Waals surface area contributed by atoms with Gasteiger partial charge in [-0.05, 0) is 71.8 Å². The molecule has 226 valence electrons. The highest BCUT2D eigenvalue weighted by Crippen LogP contribution is 2.38. The highest BCUT2D eigenvalue weighted by atomic mass is 15.1. The van der Waals surface area contributed by atoms with Gasteiger partial charge in [0.25, 0.3) is 0 Å². The van der Waals surface area contributed by atoms with Crippen LogP contribution in [0.5, 0.6) is 0 Å². The zero-order valence-corrected chi connectivity index (χ0v) is 26.1. The van der Waals surface area contributed by atoms with Gasteiger partial charge in [-0.2, -0.15) is 0 Å². The van der Waals surface area contributed by atoms with E-state index in [2.05, 4.69) is 167 Å². The molecule has 48 heavy (non-hydrogen) atoms. The lowest BCUT2D eigenvalue weighted by atomic mass is 10.0. The van der Waals surface area contributed by atoms with Crippen molar-refractivity contribution in [1.82, 2.24) is 14.5 Å². The maximum absolute atomic E-state index is 5.25. The first kappa shape index (κ1) is 27.8. The van der Waals surface area contributed by atoms with E-state index in [1.807, 2.05) is 24.3 Å². The number of rotatable bonds is 6. The summed E-state index contributed by atoms with van der Waals surface area (Å²) in [5, 5.41) is 3.39. The number of hydrogen-bond acceptors (Lipinski definition) is 3. The van der Waals surface area contributed by atoms with Crippen LogP contribution in [0, 0.1) is 0 Å². The Morgan fingerprint density at radius 2 is 0.917 bits per heavy atom. The zero-order chi connectivity index (χ0) is 31.9. The van der Waals surface area contributed by atoms with E-state index in [-0.39, 0.29) is 0 Å². The predicted octanol–water partition coefficient (Wildman–Crippen LogP) is 11.5. The normalized spacial score (nSPS) is 11.3. The first-order chi connectivity index (χ1) is 23.8. The third-order valence-corrected chi connectivity index (χ3v) is 8.99. The van der Waals surface area contributed by atoms with Gasteiger partial charge in [0.2, 0.25) is 0 Å². The smallest absolute Gasteiger partial charge is 0.162 e. The Morgan fingerprint density at radius 3 is 1.62 bits per heavy atom. The molecular formula is C44H30N4. The zero-order valence-electron chi connectivity index (χ0n) is 26.1. The van der Waals surface area contributed by atoms with E-state index in [9.17, 15) is 0 Å². The van der Waals surface area contributed by atoms with Gasteiger partial charge in [-0.1, -0.05) is 121 Å². The predicted molar refractivity (Wildman–Crippen MR) is 199 cm³/mol. The Labute approximate surface area is 278 Å². The topological polar surface area (TPSA) is 34.0 Å². The fourth-order valence-corrected chi connectivity index (χ4v) is 6.73. The maximum atomic E-state index is 5.25.